The molecule has 2 rings (SSSR count). The Bertz CT molecular complexity index is 474. The molecule has 0 aliphatic carbocycles. The molecule has 0 aliphatic heterocycles. The zero-order valence-corrected chi connectivity index (χ0v) is 9.16. The molecule has 0 saturated carbocycles. The summed E-state index contributed by atoms with van der Waals surface area (Å²) in [6, 6.07) is 11.4. The third kappa shape index (κ3) is 2.31. The number of nitrogens with one attached hydrogen (secondary N) is 2. The van der Waals surface area contributed by atoms with E-state index < -0.39 is 0 Å². The van der Waals surface area contributed by atoms with Gasteiger partial charge in [-0.05, 0) is 30.7 Å². The molecule has 0 radical (unpaired) electrons. The molecule has 0 unspecified atom stereocenters. The zero-order valence-electron chi connectivity index (χ0n) is 9.16. The molecule has 3 heteroatoms. The van der Waals surface area contributed by atoms with Crippen molar-refractivity contribution in [1.29, 1.82) is 0 Å². The quantitative estimate of drug-likeness (QED) is 0.808. The molecule has 0 saturated heterocycles. The van der Waals surface area contributed by atoms with Gasteiger partial charge in [0.2, 0.25) is 0 Å². The highest BCUT2D eigenvalue weighted by Crippen LogP contribution is 2.06. The molecule has 1 aromatic heterocycles. The molecule has 0 bridgehead atoms. The molecule has 0 aliphatic rings. The lowest BCUT2D eigenvalue weighted by atomic mass is 10.1. The van der Waals surface area contributed by atoms with Crippen molar-refractivity contribution in [1.82, 2.24) is 10.3 Å². The second-order valence-corrected chi connectivity index (χ2v) is 3.69. The number of aromatic amines is 1. The molecule has 0 fully saturated rings. The van der Waals surface area contributed by atoms with Gasteiger partial charge in [-0.15, -0.1) is 0 Å². The summed E-state index contributed by atoms with van der Waals surface area (Å²) in [4.78, 5) is 14.9. The second kappa shape index (κ2) is 4.66. The number of hydrogen-bond donors (Lipinski definition) is 2. The molecule has 0 spiro atoms. The van der Waals surface area contributed by atoms with E-state index in [-0.39, 0.29) is 5.91 Å². The van der Waals surface area contributed by atoms with Gasteiger partial charge in [0.15, 0.2) is 0 Å². The second-order valence-electron chi connectivity index (χ2n) is 3.69. The average molecular weight is 214 g/mol. The van der Waals surface area contributed by atoms with E-state index in [4.69, 9.17) is 0 Å². The topological polar surface area (TPSA) is 44.9 Å². The minimum Gasteiger partial charge on any atom is -0.364 e. The third-order valence-corrected chi connectivity index (χ3v) is 2.49. The van der Waals surface area contributed by atoms with E-state index in [1.54, 1.807) is 0 Å². The summed E-state index contributed by atoms with van der Waals surface area (Å²) >= 11 is 0. The fourth-order valence-corrected chi connectivity index (χ4v) is 1.58. The lowest BCUT2D eigenvalue weighted by molar-refractivity contribution is 0.0950. The average Bonchev–Trinajstić information content (AvgIpc) is 2.79. The summed E-state index contributed by atoms with van der Waals surface area (Å²) in [7, 11) is 0. The van der Waals surface area contributed by atoms with Gasteiger partial charge in [0.05, 0.1) is 6.54 Å². The molecular weight excluding hydrogens is 200 g/mol. The number of aromatic nitrogens is 1. The summed E-state index contributed by atoms with van der Waals surface area (Å²) in [5.41, 5.74) is 2.72. The molecule has 0 atom stereocenters. The van der Waals surface area contributed by atoms with Crippen molar-refractivity contribution in [3.8, 4) is 0 Å². The Labute approximate surface area is 94.5 Å². The van der Waals surface area contributed by atoms with Crippen LogP contribution in [0.5, 0.6) is 0 Å². The van der Waals surface area contributed by atoms with Crippen LogP contribution in [0.4, 0.5) is 0 Å². The van der Waals surface area contributed by atoms with Gasteiger partial charge in [-0.1, -0.05) is 18.2 Å². The lowest BCUT2D eigenvalue weighted by Gasteiger charge is -2.06. The molecular formula is C13H14N2O. The number of hydrogen-bond acceptors (Lipinski definition) is 1. The first-order chi connectivity index (χ1) is 7.77. The number of aryl methyl sites for hydroxylation is 1. The molecule has 2 N–H and O–H groups in total. The summed E-state index contributed by atoms with van der Waals surface area (Å²) in [6.45, 7) is 2.46. The minimum absolute atomic E-state index is 0.0345. The Kier molecular flexibility index (Phi) is 3.05. The minimum atomic E-state index is -0.0345. The number of benzene rings is 1. The van der Waals surface area contributed by atoms with Crippen LogP contribution < -0.4 is 5.32 Å². The van der Waals surface area contributed by atoms with Gasteiger partial charge < -0.3 is 10.3 Å². The van der Waals surface area contributed by atoms with Crippen LogP contribution in [0.25, 0.3) is 0 Å². The van der Waals surface area contributed by atoms with E-state index in [1.165, 1.54) is 0 Å². The monoisotopic (exact) mass is 214 g/mol. The van der Waals surface area contributed by atoms with E-state index in [2.05, 4.69) is 10.3 Å². The van der Waals surface area contributed by atoms with E-state index in [1.807, 2.05) is 49.5 Å². The number of H-pyrrole nitrogens is 1. The van der Waals surface area contributed by atoms with E-state index in [9.17, 15) is 4.79 Å². The normalized spacial score (nSPS) is 10.1. The standard InChI is InChI=1S/C13H14N2O/c1-10-5-2-3-7-12(10)13(16)15-9-11-6-4-8-14-11/h2-8,14H,9H2,1H3,(H,15,16). The molecule has 16 heavy (non-hydrogen) atoms. The molecule has 3 nitrogen and oxygen atoms in total. The van der Waals surface area contributed by atoms with Crippen molar-refractivity contribution >= 4 is 5.91 Å². The van der Waals surface area contributed by atoms with Gasteiger partial charge in [0, 0.05) is 17.5 Å². The highest BCUT2D eigenvalue weighted by atomic mass is 16.1. The van der Waals surface area contributed by atoms with Crippen LogP contribution in [0.2, 0.25) is 0 Å². The number of rotatable bonds is 3. The van der Waals surface area contributed by atoms with Crippen molar-refractivity contribution in [2.24, 2.45) is 0 Å². The van der Waals surface area contributed by atoms with Crippen molar-refractivity contribution < 1.29 is 4.79 Å². The van der Waals surface area contributed by atoms with Gasteiger partial charge in [-0.25, -0.2) is 0 Å². The Balaban J connectivity index is 2.01. The van der Waals surface area contributed by atoms with E-state index in [0.29, 0.717) is 6.54 Å². The van der Waals surface area contributed by atoms with Gasteiger partial charge >= 0.3 is 0 Å². The maximum atomic E-state index is 11.8. The first-order valence-electron chi connectivity index (χ1n) is 5.23. The highest BCUT2D eigenvalue weighted by Gasteiger charge is 2.07. The highest BCUT2D eigenvalue weighted by molar-refractivity contribution is 5.95. The van der Waals surface area contributed by atoms with Crippen LogP contribution >= 0.6 is 0 Å². The first kappa shape index (κ1) is 10.5. The smallest absolute Gasteiger partial charge is 0.251 e. The van der Waals surface area contributed by atoms with Crippen molar-refractivity contribution in [3.05, 3.63) is 59.4 Å². The molecule has 82 valence electrons. The number of carbonyl (C=O) groups excluding carboxylic acids is 1. The van der Waals surface area contributed by atoms with Crippen molar-refractivity contribution in [2.75, 3.05) is 0 Å². The summed E-state index contributed by atoms with van der Waals surface area (Å²) in [6.07, 6.45) is 1.84. The fourth-order valence-electron chi connectivity index (χ4n) is 1.58. The maximum Gasteiger partial charge on any atom is 0.251 e. The predicted molar refractivity (Wildman–Crippen MR) is 63.1 cm³/mol. The summed E-state index contributed by atoms with van der Waals surface area (Å²) < 4.78 is 0. The van der Waals surface area contributed by atoms with Crippen LogP contribution in [-0.4, -0.2) is 10.9 Å². The third-order valence-electron chi connectivity index (χ3n) is 2.49. The Morgan fingerprint density at radius 2 is 2.06 bits per heavy atom. The van der Waals surface area contributed by atoms with Crippen LogP contribution in [-0.2, 0) is 6.54 Å². The zero-order chi connectivity index (χ0) is 11.4. The Hall–Kier alpha value is -2.03. The van der Waals surface area contributed by atoms with Crippen molar-refractivity contribution in [2.45, 2.75) is 13.5 Å². The predicted octanol–water partition coefficient (Wildman–Crippen LogP) is 2.25. The van der Waals surface area contributed by atoms with Gasteiger partial charge in [-0.2, -0.15) is 0 Å². The largest absolute Gasteiger partial charge is 0.364 e. The van der Waals surface area contributed by atoms with Crippen molar-refractivity contribution in [3.63, 3.8) is 0 Å². The van der Waals surface area contributed by atoms with Gasteiger partial charge in [0.25, 0.3) is 5.91 Å². The van der Waals surface area contributed by atoms with Crippen LogP contribution in [0.3, 0.4) is 0 Å². The first-order valence-corrected chi connectivity index (χ1v) is 5.23. The molecule has 1 amide bonds. The van der Waals surface area contributed by atoms with E-state index in [0.717, 1.165) is 16.8 Å². The summed E-state index contributed by atoms with van der Waals surface area (Å²) in [5, 5.41) is 2.87. The molecule has 1 heterocycles. The number of amides is 1. The SMILES string of the molecule is Cc1ccccc1C(=O)NCc1ccc[nH]1. The number of carbonyl (C=O) groups is 1. The van der Waals surface area contributed by atoms with Crippen LogP contribution in [0.15, 0.2) is 42.6 Å². The van der Waals surface area contributed by atoms with Crippen LogP contribution in [0.1, 0.15) is 21.6 Å². The molecule has 2 aromatic rings. The fraction of sp³-hybridized carbons (Fsp3) is 0.154. The molecule has 1 aromatic carbocycles. The van der Waals surface area contributed by atoms with E-state index >= 15 is 0 Å². The maximum absolute atomic E-state index is 11.8. The lowest BCUT2D eigenvalue weighted by Crippen LogP contribution is -2.23. The van der Waals surface area contributed by atoms with Gasteiger partial charge in [0.1, 0.15) is 0 Å². The Morgan fingerprint density at radius 1 is 1.25 bits per heavy atom. The van der Waals surface area contributed by atoms with Crippen LogP contribution in [0, 0.1) is 6.92 Å². The van der Waals surface area contributed by atoms with Gasteiger partial charge in [-0.3, -0.25) is 4.79 Å². The Morgan fingerprint density at radius 3 is 2.75 bits per heavy atom. The summed E-state index contributed by atoms with van der Waals surface area (Å²) in [5.74, 6) is -0.0345.